The molecule has 0 aliphatic carbocycles. The van der Waals surface area contributed by atoms with Gasteiger partial charge < -0.3 is 10.0 Å². The van der Waals surface area contributed by atoms with Crippen LogP contribution in [-0.2, 0) is 14.4 Å². The molecule has 1 atom stereocenters. The summed E-state index contributed by atoms with van der Waals surface area (Å²) >= 11 is 5.94. The minimum atomic E-state index is -0.620. The predicted molar refractivity (Wildman–Crippen MR) is 215 cm³/mol. The molecule has 0 aromatic heterocycles. The fraction of sp³-hybridized carbons (Fsp3) is 0.289. The quantitative estimate of drug-likeness (QED) is 0.0234. The Kier molecular flexibility index (Phi) is 21.8. The second-order valence-electron chi connectivity index (χ2n) is 12.1. The van der Waals surface area contributed by atoms with Crippen molar-refractivity contribution in [2.45, 2.75) is 78.7 Å². The van der Waals surface area contributed by atoms with Gasteiger partial charge in [0.25, 0.3) is 0 Å². The van der Waals surface area contributed by atoms with Crippen molar-refractivity contribution in [2.75, 3.05) is 6.54 Å². The fourth-order valence-corrected chi connectivity index (χ4v) is 4.74. The lowest BCUT2D eigenvalue weighted by atomic mass is 9.99. The van der Waals surface area contributed by atoms with E-state index >= 15 is 0 Å². The van der Waals surface area contributed by atoms with Crippen molar-refractivity contribution < 1.29 is 19.5 Å². The molecule has 0 saturated carbocycles. The van der Waals surface area contributed by atoms with Crippen LogP contribution in [0.3, 0.4) is 0 Å². The smallest absolute Gasteiger partial charge is 0.223 e. The zero-order chi connectivity index (χ0) is 38.2. The summed E-state index contributed by atoms with van der Waals surface area (Å²) in [7, 11) is 0. The first kappa shape index (κ1) is 44.2. The standard InChI is InChI=1S/C45H54ClNO4/c1-9-12-22-38(21-10-2)23-17-16-20-26-44(50)42(45(51)34(4)5)33-47(37(8)48)32-40(36(7)31-35(6)11-3)24-18-14-13-15-19-25-43(49)39-27-29-41(46)30-28-39/h9-12,15-16,18-20,22,27-31,33,43,49H,2-4,7,13-14,17,21,23,25-26,32H2,1,5-6,8H3/b12-9-,19-15+,20-16+,35-31+,38-22-,42-33-/t24?,43-/m0/s1. The van der Waals surface area contributed by atoms with Crippen LogP contribution in [0, 0.1) is 0 Å². The highest BCUT2D eigenvalue weighted by Crippen LogP contribution is 2.20. The molecule has 0 radical (unpaired) electrons. The van der Waals surface area contributed by atoms with Crippen molar-refractivity contribution in [2.24, 2.45) is 0 Å². The Morgan fingerprint density at radius 1 is 0.961 bits per heavy atom. The molecule has 1 amide bonds. The second-order valence-corrected chi connectivity index (χ2v) is 12.5. The number of ketones is 2. The van der Waals surface area contributed by atoms with Crippen LogP contribution < -0.4 is 0 Å². The molecule has 1 aromatic carbocycles. The van der Waals surface area contributed by atoms with Crippen molar-refractivity contribution in [1.29, 1.82) is 0 Å². The lowest BCUT2D eigenvalue weighted by Crippen LogP contribution is -2.28. The van der Waals surface area contributed by atoms with E-state index in [2.05, 4.69) is 38.1 Å². The molecule has 51 heavy (non-hydrogen) atoms. The van der Waals surface area contributed by atoms with Crippen LogP contribution in [-0.4, -0.2) is 34.0 Å². The second kappa shape index (κ2) is 25.2. The minimum absolute atomic E-state index is 0.00673. The zero-order valence-electron chi connectivity index (χ0n) is 30.8. The van der Waals surface area contributed by atoms with Gasteiger partial charge in [0.2, 0.25) is 5.91 Å². The van der Waals surface area contributed by atoms with E-state index in [0.717, 1.165) is 30.4 Å². The van der Waals surface area contributed by atoms with Gasteiger partial charge in [-0.3, -0.25) is 14.4 Å². The van der Waals surface area contributed by atoms with Gasteiger partial charge in [0.15, 0.2) is 11.6 Å². The maximum atomic E-state index is 13.4. The van der Waals surface area contributed by atoms with Gasteiger partial charge in [-0.05, 0) is 94.2 Å². The monoisotopic (exact) mass is 707 g/mol. The molecule has 1 N–H and O–H groups in total. The molecule has 0 spiro atoms. The number of benzene rings is 1. The summed E-state index contributed by atoms with van der Waals surface area (Å²) in [6.07, 6.45) is 25.8. The average Bonchev–Trinajstić information content (AvgIpc) is 3.10. The van der Waals surface area contributed by atoms with E-state index in [1.165, 1.54) is 23.6 Å². The molecule has 0 bridgehead atoms. The Labute approximate surface area is 311 Å². The fourth-order valence-electron chi connectivity index (χ4n) is 4.62. The molecule has 5 nitrogen and oxygen atoms in total. The average molecular weight is 708 g/mol. The molecule has 0 saturated heterocycles. The number of rotatable bonds is 23. The van der Waals surface area contributed by atoms with E-state index in [4.69, 9.17) is 11.6 Å². The maximum Gasteiger partial charge on any atom is 0.223 e. The summed E-state index contributed by atoms with van der Waals surface area (Å²) in [5.74, 6) is -1.28. The van der Waals surface area contributed by atoms with Crippen LogP contribution >= 0.6 is 11.6 Å². The molecule has 1 rings (SSSR count). The third-order valence-electron chi connectivity index (χ3n) is 7.63. The van der Waals surface area contributed by atoms with Crippen molar-refractivity contribution in [3.8, 4) is 0 Å². The SMILES string of the molecule is C=CC/C(=C/C=C\C)CC/C=C/CC(=O)/C(=C/N(CC(=C=CCC/C=C/C[C@H](O)c1ccc(Cl)cc1)C(=C)/C=C(\C)C=C)C(C)=O)C(=O)C(=C)C. The summed E-state index contributed by atoms with van der Waals surface area (Å²) < 4.78 is 0. The third kappa shape index (κ3) is 18.1. The van der Waals surface area contributed by atoms with Crippen molar-refractivity contribution in [3.63, 3.8) is 0 Å². The van der Waals surface area contributed by atoms with Crippen LogP contribution in [0.4, 0.5) is 0 Å². The first-order valence-electron chi connectivity index (χ1n) is 17.2. The largest absolute Gasteiger partial charge is 0.388 e. The number of amides is 1. The van der Waals surface area contributed by atoms with Crippen LogP contribution in [0.2, 0.25) is 5.02 Å². The number of hydrogen-bond acceptors (Lipinski definition) is 4. The molecular formula is C45H54ClNO4. The van der Waals surface area contributed by atoms with E-state index in [1.54, 1.807) is 31.2 Å². The number of aliphatic hydroxyl groups excluding tert-OH is 1. The summed E-state index contributed by atoms with van der Waals surface area (Å²) in [5, 5.41) is 11.0. The molecule has 6 heteroatoms. The van der Waals surface area contributed by atoms with Crippen LogP contribution in [0.1, 0.15) is 84.3 Å². The summed E-state index contributed by atoms with van der Waals surface area (Å²) in [5.41, 5.74) is 7.50. The molecule has 0 aliphatic rings. The molecule has 0 unspecified atom stereocenters. The Hall–Kier alpha value is -4.80. The molecule has 0 heterocycles. The Morgan fingerprint density at radius 3 is 2.25 bits per heavy atom. The maximum absolute atomic E-state index is 13.4. The number of nitrogens with zero attached hydrogens (tertiary/aromatic N) is 1. The van der Waals surface area contributed by atoms with Crippen molar-refractivity contribution in [1.82, 2.24) is 4.90 Å². The van der Waals surface area contributed by atoms with Crippen molar-refractivity contribution >= 4 is 29.1 Å². The number of halogens is 1. The highest BCUT2D eigenvalue weighted by molar-refractivity contribution is 6.30. The van der Waals surface area contributed by atoms with E-state index in [9.17, 15) is 19.5 Å². The highest BCUT2D eigenvalue weighted by atomic mass is 35.5. The number of Topliss-reactive ketones (excluding diaryl/α,β-unsaturated/α-hetero) is 2. The first-order valence-corrected chi connectivity index (χ1v) is 17.5. The number of unbranched alkanes of at least 4 members (excludes halogenated alkanes) is 1. The topological polar surface area (TPSA) is 74.7 Å². The van der Waals surface area contributed by atoms with Gasteiger partial charge in [0.1, 0.15) is 0 Å². The number of allylic oxidation sites excluding steroid dienone is 13. The summed E-state index contributed by atoms with van der Waals surface area (Å²) in [6, 6.07) is 7.13. The van der Waals surface area contributed by atoms with Gasteiger partial charge in [0.05, 0.1) is 18.2 Å². The Morgan fingerprint density at radius 2 is 1.65 bits per heavy atom. The van der Waals surface area contributed by atoms with Gasteiger partial charge in [0, 0.05) is 30.1 Å². The van der Waals surface area contributed by atoms with Gasteiger partial charge in [-0.2, -0.15) is 0 Å². The Bertz CT molecular complexity index is 1650. The Balaban J connectivity index is 3.22. The molecule has 0 fully saturated rings. The van der Waals surface area contributed by atoms with E-state index in [-0.39, 0.29) is 30.0 Å². The van der Waals surface area contributed by atoms with E-state index < -0.39 is 17.7 Å². The lowest BCUT2D eigenvalue weighted by molar-refractivity contribution is -0.126. The minimum Gasteiger partial charge on any atom is -0.388 e. The number of aliphatic hydroxyl groups is 1. The van der Waals surface area contributed by atoms with Crippen LogP contribution in [0.25, 0.3) is 0 Å². The molecule has 270 valence electrons. The summed E-state index contributed by atoms with van der Waals surface area (Å²) in [6.45, 7) is 22.4. The van der Waals surface area contributed by atoms with Gasteiger partial charge >= 0.3 is 0 Å². The van der Waals surface area contributed by atoms with Crippen molar-refractivity contribution in [3.05, 3.63) is 173 Å². The normalized spacial score (nSPS) is 12.9. The number of hydrogen-bond donors (Lipinski definition) is 1. The van der Waals surface area contributed by atoms with Gasteiger partial charge in [-0.1, -0.05) is 115 Å². The lowest BCUT2D eigenvalue weighted by Gasteiger charge is -2.20. The van der Waals surface area contributed by atoms with Gasteiger partial charge in [-0.25, -0.2) is 0 Å². The van der Waals surface area contributed by atoms with Crippen LogP contribution in [0.15, 0.2) is 163 Å². The van der Waals surface area contributed by atoms with E-state index in [1.807, 2.05) is 74.6 Å². The highest BCUT2D eigenvalue weighted by Gasteiger charge is 2.21. The van der Waals surface area contributed by atoms with Gasteiger partial charge in [-0.15, -0.1) is 12.3 Å². The third-order valence-corrected chi connectivity index (χ3v) is 7.88. The summed E-state index contributed by atoms with van der Waals surface area (Å²) in [4.78, 5) is 40.8. The number of carbonyl (C=O) groups excluding carboxylic acids is 3. The molecule has 1 aromatic rings. The predicted octanol–water partition coefficient (Wildman–Crippen LogP) is 11.1. The first-order chi connectivity index (χ1) is 24.3. The molecular weight excluding hydrogens is 654 g/mol. The zero-order valence-corrected chi connectivity index (χ0v) is 31.6. The van der Waals surface area contributed by atoms with E-state index in [0.29, 0.717) is 35.4 Å². The molecule has 0 aliphatic heterocycles. The van der Waals surface area contributed by atoms with Crippen LogP contribution in [0.5, 0.6) is 0 Å². The number of carbonyl (C=O) groups is 3.